The molecular weight excluding hydrogens is 658 g/mol. The second kappa shape index (κ2) is 13.2. The van der Waals surface area contributed by atoms with Crippen molar-refractivity contribution in [2.45, 2.75) is 12.3 Å². The first kappa shape index (κ1) is 32.2. The van der Waals surface area contributed by atoms with Gasteiger partial charge in [0.15, 0.2) is 0 Å². The second-order valence-electron chi connectivity index (χ2n) is 11.5. The molecule has 7 rings (SSSR count). The molecule has 10 nitrogen and oxygen atoms in total. The summed E-state index contributed by atoms with van der Waals surface area (Å²) < 4.78 is 15.3. The van der Waals surface area contributed by atoms with Crippen molar-refractivity contribution >= 4 is 46.2 Å². The highest BCUT2D eigenvalue weighted by molar-refractivity contribution is 8.04. The minimum Gasteiger partial charge on any atom is -0.268 e. The molecule has 1 unspecified atom stereocenters. The number of rotatable bonds is 7. The third kappa shape index (κ3) is 6.27. The molecule has 50 heavy (non-hydrogen) atoms. The SMILES string of the molecule is Cc1ccc(-c2nc3ccccc3c(=O)n2-c2ccc(C(=O)NN3C(=O)/C(=C\c4ccc([N+](=O)[O-])cc4)SC3c3ccc(F)cc3)cc2)cc1. The average molecular weight is 684 g/mol. The first-order valence-corrected chi connectivity index (χ1v) is 16.3. The van der Waals surface area contributed by atoms with Gasteiger partial charge in [-0.3, -0.25) is 34.5 Å². The number of aryl methyl sites for hydroxylation is 1. The Labute approximate surface area is 288 Å². The minimum absolute atomic E-state index is 0.0882. The van der Waals surface area contributed by atoms with Gasteiger partial charge in [0.25, 0.3) is 23.1 Å². The predicted octanol–water partition coefficient (Wildman–Crippen LogP) is 7.37. The second-order valence-corrected chi connectivity index (χ2v) is 12.6. The van der Waals surface area contributed by atoms with Gasteiger partial charge >= 0.3 is 0 Å². The Kier molecular flexibility index (Phi) is 8.52. The molecule has 0 aliphatic carbocycles. The molecule has 1 N–H and O–H groups in total. The summed E-state index contributed by atoms with van der Waals surface area (Å²) in [5.41, 5.74) is 6.55. The van der Waals surface area contributed by atoms with Crippen molar-refractivity contribution in [1.82, 2.24) is 20.0 Å². The summed E-state index contributed by atoms with van der Waals surface area (Å²) in [5.74, 6) is -1.10. The van der Waals surface area contributed by atoms with Gasteiger partial charge in [0.05, 0.1) is 26.4 Å². The number of nitrogens with zero attached hydrogens (tertiary/aromatic N) is 4. The van der Waals surface area contributed by atoms with Crippen LogP contribution in [-0.2, 0) is 4.79 Å². The molecule has 0 saturated carbocycles. The zero-order valence-corrected chi connectivity index (χ0v) is 27.1. The van der Waals surface area contributed by atoms with Crippen LogP contribution in [0.2, 0.25) is 0 Å². The van der Waals surface area contributed by atoms with Crippen molar-refractivity contribution in [3.63, 3.8) is 0 Å². The normalized spacial score (nSPS) is 15.1. The van der Waals surface area contributed by atoms with E-state index in [0.29, 0.717) is 33.5 Å². The number of nitro groups is 1. The van der Waals surface area contributed by atoms with Crippen molar-refractivity contribution in [2.75, 3.05) is 0 Å². The first-order valence-electron chi connectivity index (χ1n) is 15.4. The van der Waals surface area contributed by atoms with Crippen LogP contribution in [0.5, 0.6) is 0 Å². The molecule has 1 aliphatic rings. The van der Waals surface area contributed by atoms with Crippen molar-refractivity contribution < 1.29 is 18.9 Å². The topological polar surface area (TPSA) is 127 Å². The van der Waals surface area contributed by atoms with Crippen LogP contribution in [0.15, 0.2) is 131 Å². The predicted molar refractivity (Wildman–Crippen MR) is 190 cm³/mol. The number of thioether (sulfide) groups is 1. The number of carbonyl (C=O) groups excluding carboxylic acids is 2. The van der Waals surface area contributed by atoms with Gasteiger partial charge in [-0.25, -0.2) is 14.4 Å². The van der Waals surface area contributed by atoms with Crippen LogP contribution in [0.4, 0.5) is 10.1 Å². The number of hydrogen-bond acceptors (Lipinski definition) is 7. The van der Waals surface area contributed by atoms with Gasteiger partial charge in [-0.1, -0.05) is 65.9 Å². The zero-order chi connectivity index (χ0) is 34.9. The molecule has 12 heteroatoms. The third-order valence-electron chi connectivity index (χ3n) is 8.15. The number of non-ortho nitro benzene ring substituents is 1. The summed E-state index contributed by atoms with van der Waals surface area (Å²) in [7, 11) is 0. The largest absolute Gasteiger partial charge is 0.280 e. The fraction of sp³-hybridized carbons (Fsp3) is 0.0526. The maximum absolute atomic E-state index is 13.8. The van der Waals surface area contributed by atoms with Crippen LogP contribution in [0, 0.1) is 22.9 Å². The lowest BCUT2D eigenvalue weighted by molar-refractivity contribution is -0.384. The highest BCUT2D eigenvalue weighted by Crippen LogP contribution is 2.45. The number of halogens is 1. The first-order chi connectivity index (χ1) is 24.2. The molecule has 1 atom stereocenters. The van der Waals surface area contributed by atoms with E-state index < -0.39 is 27.9 Å². The van der Waals surface area contributed by atoms with Crippen molar-refractivity contribution in [1.29, 1.82) is 0 Å². The third-order valence-corrected chi connectivity index (χ3v) is 9.41. The van der Waals surface area contributed by atoms with E-state index in [0.717, 1.165) is 22.9 Å². The number of nitro benzene ring substituents is 1. The Hall–Kier alpha value is -6.40. The molecule has 1 aliphatic heterocycles. The van der Waals surface area contributed by atoms with E-state index in [1.807, 2.05) is 37.3 Å². The van der Waals surface area contributed by atoms with Gasteiger partial charge in [0, 0.05) is 23.3 Å². The number of fused-ring (bicyclic) bond motifs is 1. The molecule has 1 saturated heterocycles. The zero-order valence-electron chi connectivity index (χ0n) is 26.3. The van der Waals surface area contributed by atoms with Gasteiger partial charge < -0.3 is 0 Å². The maximum atomic E-state index is 13.8. The van der Waals surface area contributed by atoms with Crippen molar-refractivity contribution in [3.05, 3.63) is 175 Å². The molecule has 6 aromatic rings. The van der Waals surface area contributed by atoms with E-state index >= 15 is 0 Å². The summed E-state index contributed by atoms with van der Waals surface area (Å²) in [6, 6.07) is 32.5. The van der Waals surface area contributed by atoms with Crippen LogP contribution >= 0.6 is 11.8 Å². The summed E-state index contributed by atoms with van der Waals surface area (Å²) >= 11 is 1.15. The monoisotopic (exact) mass is 683 g/mol. The van der Waals surface area contributed by atoms with Crippen LogP contribution in [0.1, 0.15) is 32.4 Å². The number of benzene rings is 5. The molecule has 0 radical (unpaired) electrons. The lowest BCUT2D eigenvalue weighted by Crippen LogP contribution is -2.44. The van der Waals surface area contributed by atoms with E-state index in [9.17, 15) is 28.9 Å². The van der Waals surface area contributed by atoms with Crippen LogP contribution in [0.25, 0.3) is 34.1 Å². The Morgan fingerprint density at radius 1 is 0.900 bits per heavy atom. The number of nitrogens with one attached hydrogen (secondary N) is 1. The van der Waals surface area contributed by atoms with Crippen LogP contribution < -0.4 is 11.0 Å². The van der Waals surface area contributed by atoms with Crippen LogP contribution in [0.3, 0.4) is 0 Å². The summed E-state index contributed by atoms with van der Waals surface area (Å²) in [6.45, 7) is 1.97. The summed E-state index contributed by atoms with van der Waals surface area (Å²) in [5, 5.41) is 12.0. The molecule has 1 fully saturated rings. The van der Waals surface area contributed by atoms with Gasteiger partial charge in [0.2, 0.25) is 0 Å². The van der Waals surface area contributed by atoms with Gasteiger partial charge in [-0.2, -0.15) is 0 Å². The molecular formula is C38H26FN5O5S. The number of amides is 2. The molecule has 2 heterocycles. The van der Waals surface area contributed by atoms with Crippen molar-refractivity contribution in [3.8, 4) is 17.1 Å². The smallest absolute Gasteiger partial charge is 0.268 e. The average Bonchev–Trinajstić information content (AvgIpc) is 3.42. The summed E-state index contributed by atoms with van der Waals surface area (Å²) in [6.07, 6.45) is 1.58. The van der Waals surface area contributed by atoms with E-state index in [4.69, 9.17) is 4.98 Å². The number of carbonyl (C=O) groups is 2. The summed E-state index contributed by atoms with van der Waals surface area (Å²) in [4.78, 5) is 56.8. The lowest BCUT2D eigenvalue weighted by atomic mass is 10.1. The Balaban J connectivity index is 1.20. The van der Waals surface area contributed by atoms with Crippen molar-refractivity contribution in [2.24, 2.45) is 0 Å². The standard InChI is InChI=1S/C38H26FN5O5S/c1-23-6-10-25(11-7-23)34-40-32-5-3-2-4-31(32)36(46)42(34)29-20-14-26(15-21-29)35(45)41-43-37(47)33(22-24-8-18-30(19-9-24)44(48)49)50-38(43)27-12-16-28(39)17-13-27/h2-22,38H,1H3,(H,41,45)/b33-22+. The Bertz CT molecular complexity index is 2380. The molecule has 0 bridgehead atoms. The van der Waals surface area contributed by atoms with E-state index in [2.05, 4.69) is 5.43 Å². The quantitative estimate of drug-likeness (QED) is 0.106. The molecule has 1 aromatic heterocycles. The maximum Gasteiger partial charge on any atom is 0.280 e. The highest BCUT2D eigenvalue weighted by Gasteiger charge is 2.39. The molecule has 2 amide bonds. The fourth-order valence-corrected chi connectivity index (χ4v) is 6.74. The number of hydrogen-bond donors (Lipinski definition) is 1. The van der Waals surface area contributed by atoms with E-state index in [-0.39, 0.29) is 21.7 Å². The van der Waals surface area contributed by atoms with E-state index in [1.54, 1.807) is 48.5 Å². The fourth-order valence-electron chi connectivity index (χ4n) is 5.55. The Morgan fingerprint density at radius 2 is 1.58 bits per heavy atom. The Morgan fingerprint density at radius 3 is 2.26 bits per heavy atom. The molecule has 0 spiro atoms. The van der Waals surface area contributed by atoms with Gasteiger partial charge in [-0.05, 0) is 84.8 Å². The number of hydrazine groups is 1. The number of para-hydroxylation sites is 1. The number of aromatic nitrogens is 2. The minimum atomic E-state index is -0.727. The van der Waals surface area contributed by atoms with Gasteiger partial charge in [-0.15, -0.1) is 0 Å². The molecule has 5 aromatic carbocycles. The lowest BCUT2D eigenvalue weighted by Gasteiger charge is -2.24. The highest BCUT2D eigenvalue weighted by atomic mass is 32.2. The van der Waals surface area contributed by atoms with Gasteiger partial charge in [0.1, 0.15) is 17.0 Å². The van der Waals surface area contributed by atoms with E-state index in [1.165, 1.54) is 58.1 Å². The van der Waals surface area contributed by atoms with Crippen LogP contribution in [-0.4, -0.2) is 31.3 Å². The molecule has 246 valence electrons.